The van der Waals surface area contributed by atoms with Gasteiger partial charge in [0, 0.05) is 25.0 Å². The van der Waals surface area contributed by atoms with Gasteiger partial charge < -0.3 is 4.57 Å². The molecule has 1 atom stereocenters. The molecule has 3 rings (SSSR count). The molecular weight excluding hydrogens is 252 g/mol. The van der Waals surface area contributed by atoms with E-state index in [2.05, 4.69) is 4.98 Å². The molecule has 0 amide bonds. The predicted molar refractivity (Wildman–Crippen MR) is 74.7 cm³/mol. The SMILES string of the molecule is Cn1ccnc1C(=O)C1CCCc2ccccc2C1=O. The number of Topliss-reactive ketones (excluding diaryl/α,β-unsaturated/α-hetero) is 2. The van der Waals surface area contributed by atoms with Crippen LogP contribution in [0.1, 0.15) is 39.4 Å². The molecule has 20 heavy (non-hydrogen) atoms. The van der Waals surface area contributed by atoms with Gasteiger partial charge in [0.25, 0.3) is 0 Å². The third-order valence-corrected chi connectivity index (χ3v) is 3.90. The van der Waals surface area contributed by atoms with Crippen molar-refractivity contribution in [3.63, 3.8) is 0 Å². The van der Waals surface area contributed by atoms with Gasteiger partial charge in [-0.3, -0.25) is 9.59 Å². The van der Waals surface area contributed by atoms with E-state index in [1.807, 2.05) is 24.3 Å². The van der Waals surface area contributed by atoms with E-state index in [1.165, 1.54) is 0 Å². The van der Waals surface area contributed by atoms with Crippen molar-refractivity contribution in [1.82, 2.24) is 9.55 Å². The highest BCUT2D eigenvalue weighted by molar-refractivity contribution is 6.15. The summed E-state index contributed by atoms with van der Waals surface area (Å²) in [5.74, 6) is -0.465. The van der Waals surface area contributed by atoms with E-state index in [1.54, 1.807) is 24.0 Å². The molecule has 1 aliphatic carbocycles. The van der Waals surface area contributed by atoms with E-state index in [4.69, 9.17) is 0 Å². The average Bonchev–Trinajstić information content (AvgIpc) is 2.81. The fraction of sp³-hybridized carbons (Fsp3) is 0.312. The number of imidazole rings is 1. The number of aromatic nitrogens is 2. The molecule has 1 aromatic heterocycles. The van der Waals surface area contributed by atoms with Crippen molar-refractivity contribution in [3.05, 3.63) is 53.6 Å². The van der Waals surface area contributed by atoms with Crippen LogP contribution in [0.15, 0.2) is 36.7 Å². The van der Waals surface area contributed by atoms with E-state index in [-0.39, 0.29) is 11.6 Å². The maximum atomic E-state index is 12.6. The first kappa shape index (κ1) is 12.8. The summed E-state index contributed by atoms with van der Waals surface area (Å²) in [4.78, 5) is 29.3. The topological polar surface area (TPSA) is 52.0 Å². The van der Waals surface area contributed by atoms with Crippen LogP contribution in [0.4, 0.5) is 0 Å². The molecule has 4 heteroatoms. The predicted octanol–water partition coefficient (Wildman–Crippen LogP) is 2.44. The molecule has 1 aromatic carbocycles. The minimum absolute atomic E-state index is 0.0638. The molecule has 0 aliphatic heterocycles. The molecule has 0 N–H and O–H groups in total. The third kappa shape index (κ3) is 2.07. The summed E-state index contributed by atoms with van der Waals surface area (Å²) in [6.07, 6.45) is 5.61. The highest BCUT2D eigenvalue weighted by atomic mass is 16.2. The van der Waals surface area contributed by atoms with Crippen molar-refractivity contribution in [2.75, 3.05) is 0 Å². The molecule has 1 aliphatic rings. The van der Waals surface area contributed by atoms with Crippen molar-refractivity contribution in [2.24, 2.45) is 13.0 Å². The minimum atomic E-state index is -0.597. The van der Waals surface area contributed by atoms with Gasteiger partial charge in [-0.15, -0.1) is 0 Å². The molecule has 0 bridgehead atoms. The number of benzene rings is 1. The van der Waals surface area contributed by atoms with Crippen molar-refractivity contribution in [1.29, 1.82) is 0 Å². The maximum Gasteiger partial charge on any atom is 0.209 e. The van der Waals surface area contributed by atoms with Gasteiger partial charge in [0.15, 0.2) is 11.6 Å². The Bertz CT molecular complexity index is 673. The Morgan fingerprint density at radius 2 is 2.15 bits per heavy atom. The van der Waals surface area contributed by atoms with Crippen LogP contribution in [0.5, 0.6) is 0 Å². The summed E-state index contributed by atoms with van der Waals surface area (Å²) in [7, 11) is 1.77. The minimum Gasteiger partial charge on any atom is -0.332 e. The second-order valence-electron chi connectivity index (χ2n) is 5.19. The molecule has 4 nitrogen and oxygen atoms in total. The Morgan fingerprint density at radius 1 is 1.35 bits per heavy atom. The zero-order valence-corrected chi connectivity index (χ0v) is 11.4. The number of fused-ring (bicyclic) bond motifs is 1. The summed E-state index contributed by atoms with van der Waals surface area (Å²) in [5.41, 5.74) is 1.74. The first-order valence-electron chi connectivity index (χ1n) is 6.82. The lowest BCUT2D eigenvalue weighted by molar-refractivity contribution is 0.0793. The summed E-state index contributed by atoms with van der Waals surface area (Å²) >= 11 is 0. The largest absolute Gasteiger partial charge is 0.332 e. The molecule has 0 fully saturated rings. The van der Waals surface area contributed by atoms with Crippen LogP contribution in [0.3, 0.4) is 0 Å². The lowest BCUT2D eigenvalue weighted by atomic mass is 9.91. The van der Waals surface area contributed by atoms with Gasteiger partial charge in [-0.05, 0) is 24.8 Å². The molecule has 0 saturated carbocycles. The number of rotatable bonds is 2. The van der Waals surface area contributed by atoms with Gasteiger partial charge in [0.1, 0.15) is 0 Å². The summed E-state index contributed by atoms with van der Waals surface area (Å²) in [5, 5.41) is 0. The number of hydrogen-bond acceptors (Lipinski definition) is 3. The monoisotopic (exact) mass is 268 g/mol. The second kappa shape index (κ2) is 5.04. The third-order valence-electron chi connectivity index (χ3n) is 3.90. The van der Waals surface area contributed by atoms with Crippen LogP contribution < -0.4 is 0 Å². The van der Waals surface area contributed by atoms with Crippen molar-refractivity contribution < 1.29 is 9.59 Å². The molecule has 0 radical (unpaired) electrons. The van der Waals surface area contributed by atoms with Gasteiger partial charge in [0.05, 0.1) is 5.92 Å². The fourth-order valence-corrected chi connectivity index (χ4v) is 2.80. The number of nitrogens with zero attached hydrogens (tertiary/aromatic N) is 2. The zero-order chi connectivity index (χ0) is 14.1. The summed E-state index contributed by atoms with van der Waals surface area (Å²) in [6, 6.07) is 7.58. The Labute approximate surface area is 117 Å². The standard InChI is InChI=1S/C16H16N2O2/c1-18-10-9-17-16(18)15(20)13-8-4-6-11-5-2-3-7-12(11)14(13)19/h2-3,5,7,9-10,13H,4,6,8H2,1H3. The van der Waals surface area contributed by atoms with Crippen LogP contribution >= 0.6 is 0 Å². The number of hydrogen-bond donors (Lipinski definition) is 0. The molecule has 1 unspecified atom stereocenters. The quantitative estimate of drug-likeness (QED) is 0.477. The molecular formula is C16H16N2O2. The lowest BCUT2D eigenvalue weighted by Gasteiger charge is -2.12. The van der Waals surface area contributed by atoms with Gasteiger partial charge in [0.2, 0.25) is 5.78 Å². The molecule has 0 spiro atoms. The Hall–Kier alpha value is -2.23. The van der Waals surface area contributed by atoms with Crippen LogP contribution in [0.2, 0.25) is 0 Å². The fourth-order valence-electron chi connectivity index (χ4n) is 2.80. The number of aryl methyl sites for hydroxylation is 2. The Balaban J connectivity index is 1.97. The number of carbonyl (C=O) groups is 2. The molecule has 102 valence electrons. The highest BCUT2D eigenvalue weighted by Gasteiger charge is 2.33. The second-order valence-corrected chi connectivity index (χ2v) is 5.19. The first-order valence-corrected chi connectivity index (χ1v) is 6.82. The smallest absolute Gasteiger partial charge is 0.209 e. The van der Waals surface area contributed by atoms with Crippen LogP contribution in [0.25, 0.3) is 0 Å². The van der Waals surface area contributed by atoms with Gasteiger partial charge >= 0.3 is 0 Å². The summed E-state index contributed by atoms with van der Waals surface area (Å²) < 4.78 is 1.67. The van der Waals surface area contributed by atoms with E-state index in [0.29, 0.717) is 17.8 Å². The van der Waals surface area contributed by atoms with Crippen LogP contribution in [-0.2, 0) is 13.5 Å². The Morgan fingerprint density at radius 3 is 2.90 bits per heavy atom. The molecule has 2 aromatic rings. The van der Waals surface area contributed by atoms with E-state index >= 15 is 0 Å². The van der Waals surface area contributed by atoms with Crippen LogP contribution in [-0.4, -0.2) is 21.1 Å². The van der Waals surface area contributed by atoms with E-state index in [9.17, 15) is 9.59 Å². The van der Waals surface area contributed by atoms with Gasteiger partial charge in [-0.2, -0.15) is 0 Å². The molecule has 0 saturated heterocycles. The van der Waals surface area contributed by atoms with Crippen molar-refractivity contribution in [2.45, 2.75) is 19.3 Å². The lowest BCUT2D eigenvalue weighted by Crippen LogP contribution is -2.26. The number of ketones is 2. The van der Waals surface area contributed by atoms with Gasteiger partial charge in [-0.1, -0.05) is 24.3 Å². The average molecular weight is 268 g/mol. The number of carbonyl (C=O) groups excluding carboxylic acids is 2. The maximum absolute atomic E-state index is 12.6. The zero-order valence-electron chi connectivity index (χ0n) is 11.4. The van der Waals surface area contributed by atoms with E-state index < -0.39 is 5.92 Å². The van der Waals surface area contributed by atoms with Gasteiger partial charge in [-0.25, -0.2) is 4.98 Å². The Kier molecular flexibility index (Phi) is 3.22. The van der Waals surface area contributed by atoms with E-state index in [0.717, 1.165) is 18.4 Å². The highest BCUT2D eigenvalue weighted by Crippen LogP contribution is 2.26. The summed E-state index contributed by atoms with van der Waals surface area (Å²) in [6.45, 7) is 0. The van der Waals surface area contributed by atoms with Crippen molar-refractivity contribution >= 4 is 11.6 Å². The molecule has 1 heterocycles. The normalized spacial score (nSPS) is 18.4. The first-order chi connectivity index (χ1) is 9.68. The van der Waals surface area contributed by atoms with Crippen molar-refractivity contribution in [3.8, 4) is 0 Å². The van der Waals surface area contributed by atoms with Crippen LogP contribution in [0, 0.1) is 5.92 Å².